The molecular weight excluding hydrogens is 491 g/mol. The predicted molar refractivity (Wildman–Crippen MR) is 138 cm³/mol. The van der Waals surface area contributed by atoms with Crippen molar-refractivity contribution in [2.75, 3.05) is 33.3 Å². The molecule has 5 heteroatoms. The molecule has 1 amide bonds. The Kier molecular flexibility index (Phi) is 14.6. The standard InChI is InChI=1S/C14H21N2O2.3C4H9.Sn/c1-4-16(5-2)11-10-15-14(17)12-6-8-13(18-3)9-7-12;3*1-3-4-2;/h6-8H,4-5,10-11H2,1-3H3,(H,15,17);3*1,3-4H2,2H3;. The molecule has 1 aromatic carbocycles. The van der Waals surface area contributed by atoms with E-state index in [0.717, 1.165) is 30.9 Å². The molecule has 0 radical (unpaired) electrons. The summed E-state index contributed by atoms with van der Waals surface area (Å²) in [7, 11) is 1.79. The molecule has 0 aliphatic rings. The number of ether oxygens (including phenoxy) is 1. The van der Waals surface area contributed by atoms with Gasteiger partial charge in [-0.1, -0.05) is 0 Å². The van der Waals surface area contributed by atoms with Gasteiger partial charge in [0.25, 0.3) is 0 Å². The third kappa shape index (κ3) is 8.95. The Balaban J connectivity index is 3.22. The first-order valence-electron chi connectivity index (χ1n) is 12.7. The van der Waals surface area contributed by atoms with Crippen LogP contribution in [0.4, 0.5) is 0 Å². The van der Waals surface area contributed by atoms with Gasteiger partial charge in [0, 0.05) is 0 Å². The molecule has 1 aromatic rings. The zero-order valence-corrected chi connectivity index (χ0v) is 24.0. The molecule has 0 saturated carbocycles. The Morgan fingerprint density at radius 3 is 1.94 bits per heavy atom. The summed E-state index contributed by atoms with van der Waals surface area (Å²) < 4.78 is 11.4. The van der Waals surface area contributed by atoms with Crippen LogP contribution in [0.15, 0.2) is 18.2 Å². The van der Waals surface area contributed by atoms with Gasteiger partial charge in [-0.25, -0.2) is 0 Å². The second kappa shape index (κ2) is 16.0. The Morgan fingerprint density at radius 1 is 0.935 bits per heavy atom. The SMILES string of the molecule is CCC[CH2][Sn]([CH2]CCC)([CH2]CCC)[c]1cc(C(=O)NCCN(CC)CC)ccc1OC. The molecule has 0 aromatic heterocycles. The van der Waals surface area contributed by atoms with Crippen molar-refractivity contribution in [3.05, 3.63) is 23.8 Å². The number of methoxy groups -OCH3 is 1. The van der Waals surface area contributed by atoms with Gasteiger partial charge in [-0.3, -0.25) is 0 Å². The summed E-state index contributed by atoms with van der Waals surface area (Å²) in [5.41, 5.74) is 0.806. The molecule has 0 fully saturated rings. The minimum atomic E-state index is -2.69. The zero-order chi connectivity index (χ0) is 23.1. The van der Waals surface area contributed by atoms with E-state index < -0.39 is 18.4 Å². The molecule has 0 saturated heterocycles. The second-order valence-corrected chi connectivity index (χ2v) is 21.9. The molecule has 4 nitrogen and oxygen atoms in total. The summed E-state index contributed by atoms with van der Waals surface area (Å²) in [6.07, 6.45) is 7.62. The number of benzene rings is 1. The van der Waals surface area contributed by atoms with E-state index in [9.17, 15) is 4.79 Å². The van der Waals surface area contributed by atoms with Crippen molar-refractivity contribution in [2.45, 2.75) is 86.5 Å². The third-order valence-corrected chi connectivity index (χ3v) is 22.3. The number of carbonyl (C=O) groups excluding carboxylic acids is 1. The summed E-state index contributed by atoms with van der Waals surface area (Å²) in [6, 6.07) is 6.23. The maximum atomic E-state index is 13.0. The van der Waals surface area contributed by atoms with Crippen molar-refractivity contribution in [1.29, 1.82) is 0 Å². The van der Waals surface area contributed by atoms with Crippen LogP contribution in [-0.2, 0) is 0 Å². The number of amides is 1. The van der Waals surface area contributed by atoms with Crippen LogP contribution in [0, 0.1) is 0 Å². The van der Waals surface area contributed by atoms with Crippen LogP contribution in [0.2, 0.25) is 13.3 Å². The molecule has 0 aliphatic heterocycles. The number of hydrogen-bond acceptors (Lipinski definition) is 3. The summed E-state index contributed by atoms with van der Waals surface area (Å²) in [4.78, 5) is 15.3. The quantitative estimate of drug-likeness (QED) is 0.254. The molecule has 0 heterocycles. The molecule has 178 valence electrons. The molecule has 0 unspecified atom stereocenters. The number of rotatable bonds is 17. The van der Waals surface area contributed by atoms with Crippen LogP contribution in [-0.4, -0.2) is 62.5 Å². The van der Waals surface area contributed by atoms with Gasteiger partial charge in [0.2, 0.25) is 0 Å². The minimum absolute atomic E-state index is 0.0534. The Hall–Kier alpha value is -0.751. The molecule has 0 bridgehead atoms. The number of nitrogens with zero attached hydrogens (tertiary/aromatic N) is 1. The first-order chi connectivity index (χ1) is 15.0. The van der Waals surface area contributed by atoms with Gasteiger partial charge in [0.1, 0.15) is 0 Å². The molecule has 0 spiro atoms. The summed E-state index contributed by atoms with van der Waals surface area (Å²) in [5, 5.41) is 3.15. The van der Waals surface area contributed by atoms with E-state index in [-0.39, 0.29) is 5.91 Å². The summed E-state index contributed by atoms with van der Waals surface area (Å²) >= 11 is -2.69. The van der Waals surface area contributed by atoms with E-state index in [1.54, 1.807) is 7.11 Å². The molecule has 31 heavy (non-hydrogen) atoms. The normalized spacial score (nSPS) is 11.7. The molecule has 0 aliphatic carbocycles. The number of likely N-dealkylation sites (N-methyl/N-ethyl adjacent to an activating group) is 1. The van der Waals surface area contributed by atoms with E-state index in [0.29, 0.717) is 6.54 Å². The number of carbonyl (C=O) groups is 1. The van der Waals surface area contributed by atoms with E-state index in [1.807, 2.05) is 6.07 Å². The van der Waals surface area contributed by atoms with Crippen LogP contribution >= 0.6 is 0 Å². The number of hydrogen-bond donors (Lipinski definition) is 1. The van der Waals surface area contributed by atoms with Gasteiger partial charge < -0.3 is 0 Å². The monoisotopic (exact) mass is 540 g/mol. The zero-order valence-electron chi connectivity index (χ0n) is 21.2. The topological polar surface area (TPSA) is 41.6 Å². The Morgan fingerprint density at radius 2 is 1.48 bits per heavy atom. The van der Waals surface area contributed by atoms with E-state index in [4.69, 9.17) is 4.74 Å². The van der Waals surface area contributed by atoms with Crippen molar-refractivity contribution < 1.29 is 9.53 Å². The second-order valence-electron chi connectivity index (χ2n) is 8.79. The van der Waals surface area contributed by atoms with Crippen molar-refractivity contribution in [1.82, 2.24) is 10.2 Å². The fourth-order valence-corrected chi connectivity index (χ4v) is 21.2. The molecule has 0 atom stereocenters. The average molecular weight is 539 g/mol. The van der Waals surface area contributed by atoms with Gasteiger partial charge in [-0.2, -0.15) is 0 Å². The van der Waals surface area contributed by atoms with Crippen molar-refractivity contribution in [3.63, 3.8) is 0 Å². The third-order valence-electron chi connectivity index (χ3n) is 6.67. The van der Waals surface area contributed by atoms with Crippen LogP contribution in [0.25, 0.3) is 0 Å². The van der Waals surface area contributed by atoms with Crippen molar-refractivity contribution in [2.24, 2.45) is 0 Å². The van der Waals surface area contributed by atoms with Gasteiger partial charge in [-0.15, -0.1) is 0 Å². The van der Waals surface area contributed by atoms with Gasteiger partial charge in [0.15, 0.2) is 0 Å². The molecular formula is C26H48N2O2Sn. The first-order valence-corrected chi connectivity index (χ1v) is 20.2. The fourth-order valence-electron chi connectivity index (χ4n) is 4.56. The van der Waals surface area contributed by atoms with Gasteiger partial charge >= 0.3 is 197 Å². The summed E-state index contributed by atoms with van der Waals surface area (Å²) in [6.45, 7) is 14.8. The van der Waals surface area contributed by atoms with Crippen molar-refractivity contribution >= 4 is 27.9 Å². The Labute approximate surface area is 196 Å². The van der Waals surface area contributed by atoms with Gasteiger partial charge in [0.05, 0.1) is 0 Å². The van der Waals surface area contributed by atoms with Crippen molar-refractivity contribution in [3.8, 4) is 5.75 Å². The fraction of sp³-hybridized carbons (Fsp3) is 0.731. The van der Waals surface area contributed by atoms with Crippen LogP contribution in [0.5, 0.6) is 5.75 Å². The predicted octanol–water partition coefficient (Wildman–Crippen LogP) is 5.82. The van der Waals surface area contributed by atoms with E-state index in [1.165, 1.54) is 55.4 Å². The number of unbranched alkanes of at least 4 members (excludes halogenated alkanes) is 3. The van der Waals surface area contributed by atoms with Crippen LogP contribution in [0.1, 0.15) is 83.5 Å². The van der Waals surface area contributed by atoms with Crippen LogP contribution in [0.3, 0.4) is 0 Å². The van der Waals surface area contributed by atoms with Crippen LogP contribution < -0.4 is 13.6 Å². The van der Waals surface area contributed by atoms with E-state index in [2.05, 4.69) is 57.0 Å². The molecule has 1 rings (SSSR count). The average Bonchev–Trinajstić information content (AvgIpc) is 2.81. The van der Waals surface area contributed by atoms with E-state index >= 15 is 0 Å². The first kappa shape index (κ1) is 28.3. The molecule has 1 N–H and O–H groups in total. The summed E-state index contributed by atoms with van der Waals surface area (Å²) in [5.74, 6) is 1.08. The van der Waals surface area contributed by atoms with Gasteiger partial charge in [-0.05, 0) is 0 Å². The maximum absolute atomic E-state index is 13.0. The number of nitrogens with one attached hydrogen (secondary N) is 1. The Bertz CT molecular complexity index is 610.